The summed E-state index contributed by atoms with van der Waals surface area (Å²) in [6.07, 6.45) is 1.82. The summed E-state index contributed by atoms with van der Waals surface area (Å²) in [4.78, 5) is 53.4. The molecule has 7 heteroatoms. The predicted molar refractivity (Wildman–Crippen MR) is 140 cm³/mol. The van der Waals surface area contributed by atoms with Gasteiger partial charge in [0.2, 0.25) is 11.8 Å². The molecule has 0 radical (unpaired) electrons. The molecule has 0 spiro atoms. The van der Waals surface area contributed by atoms with E-state index in [1.807, 2.05) is 18.2 Å². The zero-order valence-corrected chi connectivity index (χ0v) is 21.5. The van der Waals surface area contributed by atoms with Gasteiger partial charge in [-0.25, -0.2) is 4.79 Å². The lowest BCUT2D eigenvalue weighted by Gasteiger charge is -2.28. The summed E-state index contributed by atoms with van der Waals surface area (Å²) < 4.78 is 6.08. The van der Waals surface area contributed by atoms with Crippen LogP contribution in [0.3, 0.4) is 0 Å². The first-order chi connectivity index (χ1) is 17.9. The number of carbonyl (C=O) groups is 4. The molecule has 2 bridgehead atoms. The van der Waals surface area contributed by atoms with Gasteiger partial charge in [0.1, 0.15) is 0 Å². The number of carbonyl (C=O) groups excluding carboxylic acids is 4. The first kappa shape index (κ1) is 23.8. The number of anilines is 1. The Balaban J connectivity index is 1.18. The minimum absolute atomic E-state index is 0.150. The molecule has 2 saturated carbocycles. The van der Waals surface area contributed by atoms with Gasteiger partial charge in [0.25, 0.3) is 0 Å². The highest BCUT2D eigenvalue weighted by atomic mass is 79.9. The summed E-state index contributed by atoms with van der Waals surface area (Å²) in [7, 11) is 0. The maximum atomic E-state index is 13.6. The van der Waals surface area contributed by atoms with Gasteiger partial charge >= 0.3 is 5.97 Å². The smallest absolute Gasteiger partial charge is 0.338 e. The molecule has 6 nitrogen and oxygen atoms in total. The van der Waals surface area contributed by atoms with Crippen molar-refractivity contribution < 1.29 is 23.9 Å². The summed E-state index contributed by atoms with van der Waals surface area (Å²) in [6, 6.07) is 23.4. The van der Waals surface area contributed by atoms with Crippen LogP contribution in [0.15, 0.2) is 83.3 Å². The number of hydrogen-bond acceptors (Lipinski definition) is 5. The third-order valence-electron chi connectivity index (χ3n) is 8.08. The summed E-state index contributed by atoms with van der Waals surface area (Å²) in [5, 5.41) is 0. The Hall–Kier alpha value is -3.58. The van der Waals surface area contributed by atoms with Crippen molar-refractivity contribution in [3.05, 3.63) is 100 Å². The van der Waals surface area contributed by atoms with E-state index in [1.165, 1.54) is 16.5 Å². The molecule has 186 valence electrons. The van der Waals surface area contributed by atoms with E-state index in [2.05, 4.69) is 28.1 Å². The number of amides is 2. The second-order valence-corrected chi connectivity index (χ2v) is 10.9. The lowest BCUT2D eigenvalue weighted by Crippen LogP contribution is -2.33. The van der Waals surface area contributed by atoms with Crippen molar-refractivity contribution in [1.29, 1.82) is 0 Å². The van der Waals surface area contributed by atoms with Crippen LogP contribution in [0.2, 0.25) is 0 Å². The molecule has 5 unspecified atom stereocenters. The van der Waals surface area contributed by atoms with Crippen molar-refractivity contribution >= 4 is 45.2 Å². The molecule has 5 atom stereocenters. The maximum Gasteiger partial charge on any atom is 0.338 e. The molecular weight excluding hydrogens is 534 g/mol. The van der Waals surface area contributed by atoms with Gasteiger partial charge in [0, 0.05) is 10.0 Å². The monoisotopic (exact) mass is 557 g/mol. The molecule has 1 heterocycles. The Kier molecular flexibility index (Phi) is 6.03. The van der Waals surface area contributed by atoms with Crippen LogP contribution in [-0.4, -0.2) is 30.2 Å². The van der Waals surface area contributed by atoms with Gasteiger partial charge < -0.3 is 4.74 Å². The largest absolute Gasteiger partial charge is 0.454 e. The van der Waals surface area contributed by atoms with E-state index in [1.54, 1.807) is 42.5 Å². The molecule has 1 saturated heterocycles. The molecule has 3 aromatic rings. The second kappa shape index (κ2) is 9.38. The van der Waals surface area contributed by atoms with Crippen LogP contribution in [0.1, 0.15) is 45.0 Å². The first-order valence-electron chi connectivity index (χ1n) is 12.4. The topological polar surface area (TPSA) is 80.8 Å². The van der Waals surface area contributed by atoms with Gasteiger partial charge in [-0.05, 0) is 66.5 Å². The minimum atomic E-state index is -0.684. The van der Waals surface area contributed by atoms with Gasteiger partial charge in [0.05, 0.1) is 23.1 Å². The van der Waals surface area contributed by atoms with Crippen LogP contribution in [0.25, 0.3) is 0 Å². The van der Waals surface area contributed by atoms with Crippen LogP contribution in [0.4, 0.5) is 5.69 Å². The normalized spacial score (nSPS) is 25.9. The average molecular weight is 558 g/mol. The second-order valence-electron chi connectivity index (χ2n) is 10.0. The first-order valence-corrected chi connectivity index (χ1v) is 13.2. The van der Waals surface area contributed by atoms with Gasteiger partial charge in [-0.15, -0.1) is 0 Å². The third-order valence-corrected chi connectivity index (χ3v) is 8.61. The number of benzene rings is 3. The summed E-state index contributed by atoms with van der Waals surface area (Å²) in [5.74, 6) is -1.35. The summed E-state index contributed by atoms with van der Waals surface area (Å²) in [6.45, 7) is -0.402. The number of halogens is 1. The predicted octanol–water partition coefficient (Wildman–Crippen LogP) is 5.42. The van der Waals surface area contributed by atoms with Gasteiger partial charge in [-0.2, -0.15) is 0 Å². The molecule has 6 rings (SSSR count). The Labute approximate surface area is 222 Å². The number of hydrogen-bond donors (Lipinski definition) is 0. The van der Waals surface area contributed by atoms with Crippen LogP contribution in [0.5, 0.6) is 0 Å². The Morgan fingerprint density at radius 3 is 2.32 bits per heavy atom. The van der Waals surface area contributed by atoms with E-state index < -0.39 is 12.6 Å². The third kappa shape index (κ3) is 4.11. The lowest BCUT2D eigenvalue weighted by atomic mass is 9.73. The molecule has 3 aromatic carbocycles. The maximum absolute atomic E-state index is 13.6. The summed E-state index contributed by atoms with van der Waals surface area (Å²) in [5.41, 5.74) is 2.22. The Morgan fingerprint density at radius 1 is 0.838 bits per heavy atom. The SMILES string of the molecule is O=C(COC(=O)c1cccc(N2C(=O)C3C4CC(c5ccccc5)C(C4)C3C2=O)c1)c1ccc(Br)cc1. The van der Waals surface area contributed by atoms with Crippen molar-refractivity contribution in [2.75, 3.05) is 11.5 Å². The fourth-order valence-corrected chi connectivity index (χ4v) is 6.77. The number of imide groups is 1. The number of ketones is 1. The van der Waals surface area contributed by atoms with Crippen molar-refractivity contribution in [2.45, 2.75) is 18.8 Å². The number of Topliss-reactive ketones (excluding diaryl/α,β-unsaturated/α-hetero) is 1. The number of nitrogens with zero attached hydrogens (tertiary/aromatic N) is 1. The zero-order chi connectivity index (χ0) is 25.7. The van der Waals surface area contributed by atoms with Crippen molar-refractivity contribution in [3.63, 3.8) is 0 Å². The molecule has 1 aliphatic heterocycles. The molecule has 2 aliphatic carbocycles. The number of rotatable bonds is 6. The number of ether oxygens (including phenoxy) is 1. The molecule has 2 amide bonds. The zero-order valence-electron chi connectivity index (χ0n) is 19.9. The van der Waals surface area contributed by atoms with Crippen molar-refractivity contribution in [2.24, 2.45) is 23.7 Å². The fraction of sp³-hybridized carbons (Fsp3) is 0.267. The van der Waals surface area contributed by atoms with E-state index in [9.17, 15) is 19.2 Å². The molecule has 0 N–H and O–H groups in total. The van der Waals surface area contributed by atoms with E-state index in [-0.39, 0.29) is 52.8 Å². The van der Waals surface area contributed by atoms with Crippen LogP contribution in [-0.2, 0) is 14.3 Å². The van der Waals surface area contributed by atoms with E-state index in [0.29, 0.717) is 11.3 Å². The number of esters is 1. The molecule has 37 heavy (non-hydrogen) atoms. The summed E-state index contributed by atoms with van der Waals surface area (Å²) >= 11 is 3.32. The highest BCUT2D eigenvalue weighted by Crippen LogP contribution is 2.61. The van der Waals surface area contributed by atoms with E-state index in [4.69, 9.17) is 4.74 Å². The number of fused-ring (bicyclic) bond motifs is 5. The van der Waals surface area contributed by atoms with E-state index in [0.717, 1.165) is 17.3 Å². The Morgan fingerprint density at radius 2 is 1.57 bits per heavy atom. The minimum Gasteiger partial charge on any atom is -0.454 e. The Bertz CT molecular complexity index is 1400. The van der Waals surface area contributed by atoms with Crippen LogP contribution >= 0.6 is 15.9 Å². The van der Waals surface area contributed by atoms with E-state index >= 15 is 0 Å². The standard InChI is InChI=1S/C30H24BrNO5/c31-21-11-9-18(10-12-21)25(33)16-37-30(36)19-7-4-8-22(13-19)32-28(34)26-20-14-23(17-5-2-1-3-6-17)24(15-20)27(26)29(32)35/h1-13,20,23-24,26-27H,14-16H2. The van der Waals surface area contributed by atoms with Gasteiger partial charge in [0.15, 0.2) is 12.4 Å². The van der Waals surface area contributed by atoms with Crippen LogP contribution < -0.4 is 4.90 Å². The van der Waals surface area contributed by atoms with Crippen molar-refractivity contribution in [1.82, 2.24) is 0 Å². The fourth-order valence-electron chi connectivity index (χ4n) is 6.50. The molecule has 3 fully saturated rings. The quantitative estimate of drug-likeness (QED) is 0.230. The van der Waals surface area contributed by atoms with Gasteiger partial charge in [-0.3, -0.25) is 19.3 Å². The highest BCUT2D eigenvalue weighted by Gasteiger charge is 2.64. The molecular formula is C30H24BrNO5. The van der Waals surface area contributed by atoms with Crippen molar-refractivity contribution in [3.8, 4) is 0 Å². The average Bonchev–Trinajstić information content (AvgIpc) is 3.59. The van der Waals surface area contributed by atoms with Crippen LogP contribution in [0, 0.1) is 23.7 Å². The van der Waals surface area contributed by atoms with Gasteiger partial charge in [-0.1, -0.05) is 64.5 Å². The lowest BCUT2D eigenvalue weighted by molar-refractivity contribution is -0.123. The highest BCUT2D eigenvalue weighted by molar-refractivity contribution is 9.10. The molecule has 0 aromatic heterocycles. The molecule has 3 aliphatic rings.